The predicted molar refractivity (Wildman–Crippen MR) is 84.8 cm³/mol. The zero-order chi connectivity index (χ0) is 15.8. The van der Waals surface area contributed by atoms with Crippen molar-refractivity contribution in [3.63, 3.8) is 0 Å². The second-order valence-electron chi connectivity index (χ2n) is 6.41. The van der Waals surface area contributed by atoms with E-state index in [0.717, 1.165) is 10.9 Å². The summed E-state index contributed by atoms with van der Waals surface area (Å²) in [6, 6.07) is 0. The summed E-state index contributed by atoms with van der Waals surface area (Å²) < 4.78 is 24.9. The van der Waals surface area contributed by atoms with Crippen LogP contribution in [-0.4, -0.2) is 32.4 Å². The van der Waals surface area contributed by atoms with Gasteiger partial charge in [0, 0.05) is 10.4 Å². The fraction of sp³-hybridized carbons (Fsp3) is 0.643. The minimum Gasteiger partial charge on any atom is -0.443 e. The molecule has 0 aromatic rings. The summed E-state index contributed by atoms with van der Waals surface area (Å²) in [7, 11) is 0. The van der Waals surface area contributed by atoms with Crippen molar-refractivity contribution in [1.82, 2.24) is 4.31 Å². The topological polar surface area (TPSA) is 55.8 Å². The first-order valence-electron chi connectivity index (χ1n) is 6.76. The third-order valence-electron chi connectivity index (χ3n) is 3.45. The molecule has 0 bridgehead atoms. The van der Waals surface area contributed by atoms with Crippen molar-refractivity contribution in [2.45, 2.75) is 45.3 Å². The van der Waals surface area contributed by atoms with Crippen LogP contribution in [0, 0.1) is 5.92 Å². The fourth-order valence-electron chi connectivity index (χ4n) is 2.36. The minimum absolute atomic E-state index is 0.0100. The lowest BCUT2D eigenvalue weighted by Gasteiger charge is -2.37. The molecule has 3 atom stereocenters. The van der Waals surface area contributed by atoms with E-state index in [4.69, 9.17) is 8.92 Å². The summed E-state index contributed by atoms with van der Waals surface area (Å²) >= 11 is 1.63. The van der Waals surface area contributed by atoms with Gasteiger partial charge in [-0.15, -0.1) is 0 Å². The van der Waals surface area contributed by atoms with Crippen molar-refractivity contribution < 1.29 is 17.9 Å². The van der Waals surface area contributed by atoms with Crippen LogP contribution in [0.2, 0.25) is 0 Å². The van der Waals surface area contributed by atoms with Crippen LogP contribution in [0.1, 0.15) is 34.1 Å². The number of nitrogens with zero attached hydrogens (tertiary/aromatic N) is 1. The molecule has 1 saturated heterocycles. The Morgan fingerprint density at radius 1 is 1.57 bits per heavy atom. The Morgan fingerprint density at radius 2 is 2.24 bits per heavy atom. The van der Waals surface area contributed by atoms with Crippen molar-refractivity contribution in [3.8, 4) is 0 Å². The van der Waals surface area contributed by atoms with E-state index in [1.54, 1.807) is 20.8 Å². The van der Waals surface area contributed by atoms with Crippen molar-refractivity contribution in [2.24, 2.45) is 5.92 Å². The highest BCUT2D eigenvalue weighted by Gasteiger charge is 2.52. The molecule has 1 amide bonds. The normalized spacial score (nSPS) is 33.0. The van der Waals surface area contributed by atoms with E-state index in [0.29, 0.717) is 0 Å². The number of amides is 1. The maximum absolute atomic E-state index is 12.4. The molecular formula is C14H20BrNO4S. The molecule has 1 aliphatic carbocycles. The molecule has 0 N–H and O–H groups in total. The molecule has 3 unspecified atom stereocenters. The second kappa shape index (κ2) is 5.85. The predicted octanol–water partition coefficient (Wildman–Crippen LogP) is 3.45. The van der Waals surface area contributed by atoms with Crippen LogP contribution >= 0.6 is 15.9 Å². The average molecular weight is 378 g/mol. The third kappa shape index (κ3) is 3.57. The SMILES string of the molecule is CC(C)(C)OC(=O)N1S(=O)OCC1(C)C1C=C(Br)C=CC1. The lowest BCUT2D eigenvalue weighted by Crippen LogP contribution is -2.53. The Kier molecular flexibility index (Phi) is 4.66. The smallest absolute Gasteiger partial charge is 0.424 e. The van der Waals surface area contributed by atoms with E-state index in [1.165, 1.54) is 4.31 Å². The highest BCUT2D eigenvalue weighted by atomic mass is 79.9. The van der Waals surface area contributed by atoms with Crippen LogP contribution < -0.4 is 0 Å². The lowest BCUT2D eigenvalue weighted by atomic mass is 9.82. The number of hydrogen-bond acceptors (Lipinski definition) is 4. The number of ether oxygens (including phenoxy) is 1. The van der Waals surface area contributed by atoms with Gasteiger partial charge < -0.3 is 4.74 Å². The van der Waals surface area contributed by atoms with Gasteiger partial charge in [0.15, 0.2) is 0 Å². The van der Waals surface area contributed by atoms with Gasteiger partial charge in [-0.05, 0) is 34.1 Å². The number of allylic oxidation sites excluding steroid dienone is 3. The Morgan fingerprint density at radius 3 is 2.81 bits per heavy atom. The van der Waals surface area contributed by atoms with Crippen molar-refractivity contribution in [2.75, 3.05) is 6.61 Å². The Bertz CT molecular complexity index is 526. The van der Waals surface area contributed by atoms with E-state index >= 15 is 0 Å². The van der Waals surface area contributed by atoms with Crippen molar-refractivity contribution in [3.05, 3.63) is 22.7 Å². The first kappa shape index (κ1) is 16.7. The highest BCUT2D eigenvalue weighted by Crippen LogP contribution is 2.39. The van der Waals surface area contributed by atoms with Gasteiger partial charge >= 0.3 is 6.09 Å². The van der Waals surface area contributed by atoms with E-state index < -0.39 is 28.5 Å². The van der Waals surface area contributed by atoms with Gasteiger partial charge in [-0.2, -0.15) is 4.31 Å². The molecule has 118 valence electrons. The third-order valence-corrected chi connectivity index (χ3v) is 5.16. The first-order chi connectivity index (χ1) is 9.63. The highest BCUT2D eigenvalue weighted by molar-refractivity contribution is 9.11. The molecule has 1 aliphatic heterocycles. The monoisotopic (exact) mass is 377 g/mol. The number of halogens is 1. The van der Waals surface area contributed by atoms with E-state index in [-0.39, 0.29) is 12.5 Å². The maximum Gasteiger partial charge on any atom is 0.424 e. The van der Waals surface area contributed by atoms with Crippen LogP contribution in [0.25, 0.3) is 0 Å². The largest absolute Gasteiger partial charge is 0.443 e. The summed E-state index contributed by atoms with van der Waals surface area (Å²) in [5, 5.41) is 0. The fourth-order valence-corrected chi connectivity index (χ4v) is 4.00. The Hall–Kier alpha value is -0.660. The van der Waals surface area contributed by atoms with Crippen molar-refractivity contribution in [1.29, 1.82) is 0 Å². The van der Waals surface area contributed by atoms with Gasteiger partial charge in [-0.3, -0.25) is 4.18 Å². The Labute approximate surface area is 136 Å². The lowest BCUT2D eigenvalue weighted by molar-refractivity contribution is 0.0221. The quantitative estimate of drug-likeness (QED) is 0.702. The molecule has 0 aromatic carbocycles. The molecule has 0 radical (unpaired) electrons. The van der Waals surface area contributed by atoms with Crippen LogP contribution in [0.4, 0.5) is 4.79 Å². The minimum atomic E-state index is -1.82. The summed E-state index contributed by atoms with van der Waals surface area (Å²) in [4.78, 5) is 12.4. The van der Waals surface area contributed by atoms with Crippen molar-refractivity contribution >= 4 is 33.3 Å². The van der Waals surface area contributed by atoms with E-state index in [9.17, 15) is 9.00 Å². The number of carbonyl (C=O) groups is 1. The second-order valence-corrected chi connectivity index (χ2v) is 8.36. The zero-order valence-corrected chi connectivity index (χ0v) is 15.0. The van der Waals surface area contributed by atoms with E-state index in [1.807, 2.05) is 25.2 Å². The van der Waals surface area contributed by atoms with Gasteiger partial charge in [0.05, 0.1) is 12.1 Å². The van der Waals surface area contributed by atoms with Gasteiger partial charge in [0.25, 0.3) is 11.3 Å². The van der Waals surface area contributed by atoms with Crippen LogP contribution in [0.15, 0.2) is 22.7 Å². The Balaban J connectivity index is 2.27. The number of carbonyl (C=O) groups excluding carboxylic acids is 1. The first-order valence-corrected chi connectivity index (χ1v) is 8.58. The molecule has 0 spiro atoms. The zero-order valence-electron chi connectivity index (χ0n) is 12.6. The number of hydrogen-bond donors (Lipinski definition) is 0. The molecule has 7 heteroatoms. The molecule has 1 heterocycles. The van der Waals surface area contributed by atoms with Crippen LogP contribution in [0.3, 0.4) is 0 Å². The van der Waals surface area contributed by atoms with E-state index in [2.05, 4.69) is 15.9 Å². The van der Waals surface area contributed by atoms with Crippen LogP contribution in [-0.2, 0) is 20.2 Å². The molecule has 2 rings (SSSR count). The molecule has 0 saturated carbocycles. The number of rotatable bonds is 1. The van der Waals surface area contributed by atoms with Crippen LogP contribution in [0.5, 0.6) is 0 Å². The summed E-state index contributed by atoms with van der Waals surface area (Å²) in [5.74, 6) is 0.0100. The molecular weight excluding hydrogens is 358 g/mol. The van der Waals surface area contributed by atoms with Gasteiger partial charge in [0.1, 0.15) is 5.60 Å². The molecule has 21 heavy (non-hydrogen) atoms. The van der Waals surface area contributed by atoms with Gasteiger partial charge in [-0.25, -0.2) is 9.00 Å². The van der Waals surface area contributed by atoms with Gasteiger partial charge in [0.2, 0.25) is 0 Å². The summed E-state index contributed by atoms with van der Waals surface area (Å²) in [6.45, 7) is 7.43. The summed E-state index contributed by atoms with van der Waals surface area (Å²) in [6.07, 6.45) is 6.15. The molecule has 0 aromatic heterocycles. The molecule has 2 aliphatic rings. The molecule has 1 fully saturated rings. The molecule has 5 nitrogen and oxygen atoms in total. The maximum atomic E-state index is 12.4. The standard InChI is InChI=1S/C14H20BrNO4S/c1-13(2,3)20-12(17)16-14(4,9-19-21(16)18)10-6-5-7-11(15)8-10/h5,7-8,10H,6,9H2,1-4H3. The average Bonchev–Trinajstić information content (AvgIpc) is 2.64. The van der Waals surface area contributed by atoms with Gasteiger partial charge in [-0.1, -0.05) is 34.2 Å². The summed E-state index contributed by atoms with van der Waals surface area (Å²) in [5.41, 5.74) is -1.34.